The van der Waals surface area contributed by atoms with E-state index in [0.29, 0.717) is 27.3 Å². The summed E-state index contributed by atoms with van der Waals surface area (Å²) in [5.74, 6) is 1.09. The van der Waals surface area contributed by atoms with Gasteiger partial charge in [-0.2, -0.15) is 0 Å². The molecule has 2 heterocycles. The summed E-state index contributed by atoms with van der Waals surface area (Å²) in [7, 11) is 0. The first kappa shape index (κ1) is 17.0. The van der Waals surface area contributed by atoms with Crippen LogP contribution in [0.2, 0.25) is 10.0 Å². The van der Waals surface area contributed by atoms with Crippen LogP contribution in [0.4, 0.5) is 11.5 Å². The molecule has 2 aromatic rings. The maximum Gasteiger partial charge on any atom is 0.274 e. The van der Waals surface area contributed by atoms with E-state index in [-0.39, 0.29) is 5.91 Å². The van der Waals surface area contributed by atoms with Crippen LogP contribution < -0.4 is 10.2 Å². The Morgan fingerprint density at radius 2 is 1.96 bits per heavy atom. The van der Waals surface area contributed by atoms with Gasteiger partial charge in [-0.25, -0.2) is 9.97 Å². The molecule has 0 spiro atoms. The molecule has 7 heteroatoms. The third-order valence-electron chi connectivity index (χ3n) is 3.99. The van der Waals surface area contributed by atoms with Crippen molar-refractivity contribution in [1.82, 2.24) is 9.97 Å². The first-order valence-electron chi connectivity index (χ1n) is 7.86. The third kappa shape index (κ3) is 4.16. The van der Waals surface area contributed by atoms with Crippen molar-refractivity contribution in [1.29, 1.82) is 0 Å². The molecule has 24 heavy (non-hydrogen) atoms. The Hall–Kier alpha value is -1.85. The van der Waals surface area contributed by atoms with Crippen LogP contribution in [0.5, 0.6) is 0 Å². The number of piperidine rings is 1. The predicted molar refractivity (Wildman–Crippen MR) is 97.1 cm³/mol. The number of nitrogens with one attached hydrogen (secondary N) is 1. The molecule has 126 valence electrons. The maximum absolute atomic E-state index is 12.4. The minimum Gasteiger partial charge on any atom is -0.356 e. The number of hydrogen-bond acceptors (Lipinski definition) is 4. The second-order valence-electron chi connectivity index (χ2n) is 6.07. The molecule has 1 aromatic carbocycles. The summed E-state index contributed by atoms with van der Waals surface area (Å²) >= 11 is 11.9. The lowest BCUT2D eigenvalue weighted by atomic mass is 10.0. The zero-order chi connectivity index (χ0) is 17.1. The number of halogens is 2. The SMILES string of the molecule is CC1CCCN(c2cc(C(=O)Nc3cc(Cl)cc(Cl)c3)ncn2)C1. The highest BCUT2D eigenvalue weighted by atomic mass is 35.5. The van der Waals surface area contributed by atoms with Crippen molar-refractivity contribution in [2.75, 3.05) is 23.3 Å². The van der Waals surface area contributed by atoms with Gasteiger partial charge in [0.1, 0.15) is 17.8 Å². The number of nitrogens with zero attached hydrogens (tertiary/aromatic N) is 3. The summed E-state index contributed by atoms with van der Waals surface area (Å²) in [5, 5.41) is 3.69. The Balaban J connectivity index is 1.76. The standard InChI is InChI=1S/C17H18Cl2N4O/c1-11-3-2-4-23(9-11)16-8-15(20-10-21-16)17(24)22-14-6-12(18)5-13(19)7-14/h5-8,10-11H,2-4,9H2,1H3,(H,22,24). The molecule has 0 bridgehead atoms. The van der Waals surface area contributed by atoms with Crippen LogP contribution in [0.15, 0.2) is 30.6 Å². The maximum atomic E-state index is 12.4. The van der Waals surface area contributed by atoms with Gasteiger partial charge in [0.2, 0.25) is 0 Å². The highest BCUT2D eigenvalue weighted by molar-refractivity contribution is 6.35. The summed E-state index contributed by atoms with van der Waals surface area (Å²) in [6.07, 6.45) is 3.78. The number of carbonyl (C=O) groups excluding carboxylic acids is 1. The monoisotopic (exact) mass is 364 g/mol. The van der Waals surface area contributed by atoms with Crippen molar-refractivity contribution in [2.45, 2.75) is 19.8 Å². The molecule has 1 unspecified atom stereocenters. The van der Waals surface area contributed by atoms with Gasteiger partial charge in [-0.1, -0.05) is 30.1 Å². The Morgan fingerprint density at radius 1 is 1.21 bits per heavy atom. The van der Waals surface area contributed by atoms with Gasteiger partial charge < -0.3 is 10.2 Å². The second kappa shape index (κ2) is 7.36. The first-order valence-corrected chi connectivity index (χ1v) is 8.61. The van der Waals surface area contributed by atoms with Crippen LogP contribution in [0.3, 0.4) is 0 Å². The van der Waals surface area contributed by atoms with Crippen LogP contribution in [-0.2, 0) is 0 Å². The van der Waals surface area contributed by atoms with Crippen LogP contribution in [0.25, 0.3) is 0 Å². The van der Waals surface area contributed by atoms with Gasteiger partial charge in [-0.05, 0) is 37.0 Å². The molecule has 5 nitrogen and oxygen atoms in total. The van der Waals surface area contributed by atoms with E-state index in [0.717, 1.165) is 25.3 Å². The van der Waals surface area contributed by atoms with Gasteiger partial charge in [0.05, 0.1) is 0 Å². The number of rotatable bonds is 3. The zero-order valence-corrected chi connectivity index (χ0v) is 14.8. The van der Waals surface area contributed by atoms with E-state index >= 15 is 0 Å². The second-order valence-corrected chi connectivity index (χ2v) is 6.94. The topological polar surface area (TPSA) is 58.1 Å². The van der Waals surface area contributed by atoms with E-state index in [4.69, 9.17) is 23.2 Å². The van der Waals surface area contributed by atoms with Gasteiger partial charge in [-0.15, -0.1) is 0 Å². The van der Waals surface area contributed by atoms with Gasteiger partial charge >= 0.3 is 0 Å². The minimum absolute atomic E-state index is 0.314. The summed E-state index contributed by atoms with van der Waals surface area (Å²) in [5.41, 5.74) is 0.846. The molecule has 1 fully saturated rings. The van der Waals surface area contributed by atoms with Crippen LogP contribution >= 0.6 is 23.2 Å². The normalized spacial score (nSPS) is 17.6. The van der Waals surface area contributed by atoms with Crippen LogP contribution in [0, 0.1) is 5.92 Å². The molecule has 1 amide bonds. The molecule has 1 aromatic heterocycles. The van der Waals surface area contributed by atoms with E-state index in [1.54, 1.807) is 24.3 Å². The molecule has 1 aliphatic heterocycles. The molecule has 1 N–H and O–H groups in total. The number of carbonyl (C=O) groups is 1. The Bertz CT molecular complexity index is 733. The number of aromatic nitrogens is 2. The quantitative estimate of drug-likeness (QED) is 0.883. The molecule has 1 atom stereocenters. The van der Waals surface area contributed by atoms with Crippen LogP contribution in [0.1, 0.15) is 30.3 Å². The van der Waals surface area contributed by atoms with Crippen molar-refractivity contribution in [3.63, 3.8) is 0 Å². The Kier molecular flexibility index (Phi) is 5.21. The first-order chi connectivity index (χ1) is 11.5. The molecule has 0 aliphatic carbocycles. The average molecular weight is 365 g/mol. The smallest absolute Gasteiger partial charge is 0.274 e. The summed E-state index contributed by atoms with van der Waals surface area (Å²) < 4.78 is 0. The molecule has 1 saturated heterocycles. The summed E-state index contributed by atoms with van der Waals surface area (Å²) in [6, 6.07) is 6.61. The van der Waals surface area contributed by atoms with Crippen molar-refractivity contribution in [3.05, 3.63) is 46.3 Å². The van der Waals surface area contributed by atoms with Crippen molar-refractivity contribution < 1.29 is 4.79 Å². The van der Waals surface area contributed by atoms with Crippen molar-refractivity contribution in [2.24, 2.45) is 5.92 Å². The number of anilines is 2. The third-order valence-corrected chi connectivity index (χ3v) is 4.42. The Labute approximate surface area is 151 Å². The van der Waals surface area contributed by atoms with E-state index in [1.165, 1.54) is 12.7 Å². The number of amides is 1. The fourth-order valence-electron chi connectivity index (χ4n) is 2.86. The van der Waals surface area contributed by atoms with Gasteiger partial charge in [0, 0.05) is 34.9 Å². The molecule has 3 rings (SSSR count). The fourth-order valence-corrected chi connectivity index (χ4v) is 3.39. The predicted octanol–water partition coefficient (Wildman–Crippen LogP) is 4.27. The van der Waals surface area contributed by atoms with E-state index in [2.05, 4.69) is 27.1 Å². The van der Waals surface area contributed by atoms with Crippen molar-refractivity contribution >= 4 is 40.6 Å². The van der Waals surface area contributed by atoms with E-state index < -0.39 is 0 Å². The summed E-state index contributed by atoms with van der Waals surface area (Å²) in [6.45, 7) is 4.12. The molecule has 0 radical (unpaired) electrons. The zero-order valence-electron chi connectivity index (χ0n) is 13.3. The van der Waals surface area contributed by atoms with E-state index in [1.807, 2.05) is 0 Å². The Morgan fingerprint density at radius 3 is 2.67 bits per heavy atom. The highest BCUT2D eigenvalue weighted by Gasteiger charge is 2.19. The number of hydrogen-bond donors (Lipinski definition) is 1. The highest BCUT2D eigenvalue weighted by Crippen LogP contribution is 2.24. The summed E-state index contributed by atoms with van der Waals surface area (Å²) in [4.78, 5) is 23.0. The van der Waals surface area contributed by atoms with E-state index in [9.17, 15) is 4.79 Å². The largest absolute Gasteiger partial charge is 0.356 e. The molecule has 0 saturated carbocycles. The lowest BCUT2D eigenvalue weighted by Crippen LogP contribution is -2.35. The van der Waals surface area contributed by atoms with Gasteiger partial charge in [0.15, 0.2) is 0 Å². The van der Waals surface area contributed by atoms with Gasteiger partial charge in [0.25, 0.3) is 5.91 Å². The molecular weight excluding hydrogens is 347 g/mol. The fraction of sp³-hybridized carbons (Fsp3) is 0.353. The minimum atomic E-state index is -0.318. The van der Waals surface area contributed by atoms with Gasteiger partial charge in [-0.3, -0.25) is 4.79 Å². The molecule has 1 aliphatic rings. The lowest BCUT2D eigenvalue weighted by molar-refractivity contribution is 0.102. The average Bonchev–Trinajstić information content (AvgIpc) is 2.54. The van der Waals surface area contributed by atoms with Crippen molar-refractivity contribution in [3.8, 4) is 0 Å². The van der Waals surface area contributed by atoms with Crippen LogP contribution in [-0.4, -0.2) is 29.0 Å². The lowest BCUT2D eigenvalue weighted by Gasteiger charge is -2.31. The molecular formula is C17H18Cl2N4O. The number of benzene rings is 1.